The predicted molar refractivity (Wildman–Crippen MR) is 74.9 cm³/mol. The minimum absolute atomic E-state index is 0.0198. The molecule has 122 valence electrons. The molecule has 1 N–H and O–H groups in total. The van der Waals surface area contributed by atoms with Gasteiger partial charge in [-0.05, 0) is 12.1 Å². The molecule has 0 aliphatic carbocycles. The lowest BCUT2D eigenvalue weighted by atomic mass is 10.1. The number of hydrogen-bond acceptors (Lipinski definition) is 6. The summed E-state index contributed by atoms with van der Waals surface area (Å²) in [5, 5.41) is 7.27. The van der Waals surface area contributed by atoms with Gasteiger partial charge in [0.15, 0.2) is 17.0 Å². The molecule has 0 bridgehead atoms. The number of hydrogen-bond donors (Lipinski definition) is 1. The van der Waals surface area contributed by atoms with Crippen molar-refractivity contribution in [1.29, 1.82) is 0 Å². The largest absolute Gasteiger partial charge is 0.417 e. The van der Waals surface area contributed by atoms with E-state index in [2.05, 4.69) is 25.3 Å². The highest BCUT2D eigenvalue weighted by Crippen LogP contribution is 2.27. The molecule has 3 aromatic heterocycles. The highest BCUT2D eigenvalue weighted by Gasteiger charge is 2.17. The molecular weight excluding hydrogens is 329 g/mol. The molecule has 0 radical (unpaired) electrons. The van der Waals surface area contributed by atoms with Crippen molar-refractivity contribution < 1.29 is 17.6 Å². The first-order chi connectivity index (χ1) is 11.5. The topological polar surface area (TPSA) is 102 Å². The van der Waals surface area contributed by atoms with Gasteiger partial charge >= 0.3 is 5.76 Å². The van der Waals surface area contributed by atoms with Crippen LogP contribution in [-0.4, -0.2) is 36.4 Å². The van der Waals surface area contributed by atoms with Gasteiger partial charge < -0.3 is 4.42 Å². The molecule has 4 aromatic rings. The summed E-state index contributed by atoms with van der Waals surface area (Å²) in [7, 11) is 0. The monoisotopic (exact) mass is 336 g/mol. The van der Waals surface area contributed by atoms with E-state index in [0.29, 0.717) is 5.56 Å². The Morgan fingerprint density at radius 1 is 1.33 bits per heavy atom. The molecule has 0 saturated heterocycles. The van der Waals surface area contributed by atoms with E-state index in [4.69, 9.17) is 4.42 Å². The molecule has 3 heterocycles. The minimum Gasteiger partial charge on any atom is -0.407 e. The summed E-state index contributed by atoms with van der Waals surface area (Å²) in [5.41, 5.74) is 0.563. The number of H-pyrrole nitrogens is 1. The van der Waals surface area contributed by atoms with Gasteiger partial charge in [0, 0.05) is 5.56 Å². The molecule has 0 saturated carbocycles. The van der Waals surface area contributed by atoms with Crippen molar-refractivity contribution in [2.75, 3.05) is 0 Å². The van der Waals surface area contributed by atoms with Crippen LogP contribution in [0.25, 0.3) is 33.7 Å². The fourth-order valence-corrected chi connectivity index (χ4v) is 2.35. The summed E-state index contributed by atoms with van der Waals surface area (Å²) in [4.78, 5) is 21.7. The van der Waals surface area contributed by atoms with E-state index in [1.165, 1.54) is 12.3 Å². The van der Waals surface area contributed by atoms with Crippen LogP contribution < -0.4 is 5.76 Å². The van der Waals surface area contributed by atoms with Gasteiger partial charge in [-0.15, -0.1) is 5.10 Å². The van der Waals surface area contributed by atoms with Gasteiger partial charge in [0.2, 0.25) is 5.65 Å². The van der Waals surface area contributed by atoms with E-state index >= 15 is 0 Å². The van der Waals surface area contributed by atoms with Crippen LogP contribution in [0, 0.1) is 5.82 Å². The smallest absolute Gasteiger partial charge is 0.407 e. The fraction of sp³-hybridized carbons (Fsp3) is 0.154. The number of aromatic amines is 1. The summed E-state index contributed by atoms with van der Waals surface area (Å²) < 4.78 is 44.5. The lowest BCUT2D eigenvalue weighted by molar-refractivity contribution is 0.122. The van der Waals surface area contributed by atoms with Gasteiger partial charge in [0.05, 0.1) is 11.9 Å². The maximum Gasteiger partial charge on any atom is 0.417 e. The van der Waals surface area contributed by atoms with Crippen LogP contribution >= 0.6 is 0 Å². The Kier molecular flexibility index (Phi) is 3.08. The van der Waals surface area contributed by atoms with Crippen molar-refractivity contribution in [1.82, 2.24) is 29.9 Å². The van der Waals surface area contributed by atoms with E-state index < -0.39 is 24.5 Å². The maximum atomic E-state index is 13.7. The van der Waals surface area contributed by atoms with Gasteiger partial charge in [-0.1, -0.05) is 5.21 Å². The Morgan fingerprint density at radius 2 is 2.17 bits per heavy atom. The molecule has 24 heavy (non-hydrogen) atoms. The van der Waals surface area contributed by atoms with Crippen molar-refractivity contribution in [3.63, 3.8) is 0 Å². The second kappa shape index (κ2) is 5.15. The van der Waals surface area contributed by atoms with Crippen molar-refractivity contribution in [2.24, 2.45) is 0 Å². The number of alkyl halides is 2. The summed E-state index contributed by atoms with van der Waals surface area (Å²) >= 11 is 0. The van der Waals surface area contributed by atoms with Crippen molar-refractivity contribution in [2.45, 2.75) is 13.0 Å². The molecule has 0 aliphatic heterocycles. The van der Waals surface area contributed by atoms with Gasteiger partial charge in [-0.2, -0.15) is 0 Å². The summed E-state index contributed by atoms with van der Waals surface area (Å²) in [6.07, 6.45) is -1.32. The van der Waals surface area contributed by atoms with Crippen LogP contribution in [-0.2, 0) is 6.54 Å². The highest BCUT2D eigenvalue weighted by atomic mass is 19.3. The van der Waals surface area contributed by atoms with E-state index in [9.17, 15) is 18.0 Å². The van der Waals surface area contributed by atoms with Crippen molar-refractivity contribution >= 4 is 22.4 Å². The van der Waals surface area contributed by atoms with Gasteiger partial charge in [0.25, 0.3) is 6.43 Å². The number of halogens is 3. The summed E-state index contributed by atoms with van der Waals surface area (Å²) in [6.45, 7) is -0.655. The van der Waals surface area contributed by atoms with E-state index in [1.807, 2.05) is 0 Å². The number of fused-ring (bicyclic) bond motifs is 2. The third-order valence-corrected chi connectivity index (χ3v) is 3.34. The minimum atomic E-state index is -2.61. The molecule has 0 spiro atoms. The number of benzene rings is 1. The van der Waals surface area contributed by atoms with Gasteiger partial charge in [-0.3, -0.25) is 4.98 Å². The third-order valence-electron chi connectivity index (χ3n) is 3.34. The standard InChI is InChI=1S/C13H7F3N6O2/c14-6-2-1-5(10-9(6)19-13(23)24-10)7-3-17-12-11(18-7)20-21-22(12)4-8(15)16/h1-3,8H,4H2,(H,19,23). The van der Waals surface area contributed by atoms with Crippen LogP contribution in [0.4, 0.5) is 13.2 Å². The van der Waals surface area contributed by atoms with E-state index in [1.54, 1.807) is 0 Å². The number of oxazole rings is 1. The number of rotatable bonds is 3. The van der Waals surface area contributed by atoms with Crippen molar-refractivity contribution in [3.8, 4) is 11.3 Å². The molecule has 8 nitrogen and oxygen atoms in total. The average Bonchev–Trinajstić information content (AvgIpc) is 3.11. The molecule has 1 aromatic carbocycles. The molecule has 0 amide bonds. The van der Waals surface area contributed by atoms with Crippen LogP contribution in [0.3, 0.4) is 0 Å². The van der Waals surface area contributed by atoms with Crippen LogP contribution in [0.15, 0.2) is 27.5 Å². The third kappa shape index (κ3) is 2.21. The summed E-state index contributed by atoms with van der Waals surface area (Å²) in [6, 6.07) is 2.51. The molecule has 0 atom stereocenters. The highest BCUT2D eigenvalue weighted by molar-refractivity contribution is 5.89. The van der Waals surface area contributed by atoms with E-state index in [0.717, 1.165) is 10.7 Å². The maximum absolute atomic E-state index is 13.7. The quantitative estimate of drug-likeness (QED) is 0.611. The Hall–Kier alpha value is -3.24. The zero-order valence-electron chi connectivity index (χ0n) is 11.7. The molecule has 11 heteroatoms. The lowest BCUT2D eigenvalue weighted by Crippen LogP contribution is -2.08. The average molecular weight is 336 g/mol. The van der Waals surface area contributed by atoms with E-state index in [-0.39, 0.29) is 28.1 Å². The zero-order valence-corrected chi connectivity index (χ0v) is 11.7. The Bertz CT molecular complexity index is 1120. The SMILES string of the molecule is O=c1[nH]c2c(F)ccc(-c3cnc4c(nnn4CC(F)F)n3)c2o1. The van der Waals surface area contributed by atoms with Crippen LogP contribution in [0.5, 0.6) is 0 Å². The number of nitrogens with zero attached hydrogens (tertiary/aromatic N) is 5. The number of aromatic nitrogens is 6. The molecule has 0 fully saturated rings. The molecule has 0 aliphatic rings. The zero-order chi connectivity index (χ0) is 16.8. The first-order valence-corrected chi connectivity index (χ1v) is 6.69. The second-order valence-corrected chi connectivity index (χ2v) is 4.88. The Balaban J connectivity index is 1.88. The first-order valence-electron chi connectivity index (χ1n) is 6.69. The van der Waals surface area contributed by atoms with Gasteiger partial charge in [-0.25, -0.2) is 32.6 Å². The van der Waals surface area contributed by atoms with Gasteiger partial charge in [0.1, 0.15) is 12.1 Å². The lowest BCUT2D eigenvalue weighted by Gasteiger charge is -2.02. The molecule has 4 rings (SSSR count). The number of nitrogens with one attached hydrogen (secondary N) is 1. The van der Waals surface area contributed by atoms with Crippen LogP contribution in [0.1, 0.15) is 0 Å². The molecular formula is C13H7F3N6O2. The van der Waals surface area contributed by atoms with Crippen LogP contribution in [0.2, 0.25) is 0 Å². The second-order valence-electron chi connectivity index (χ2n) is 4.88. The Labute approximate surface area is 129 Å². The normalized spacial score (nSPS) is 11.8. The molecule has 0 unspecified atom stereocenters. The first kappa shape index (κ1) is 14.4. The summed E-state index contributed by atoms with van der Waals surface area (Å²) in [5.74, 6) is -1.47. The predicted octanol–water partition coefficient (Wildman–Crippen LogP) is 1.73. The van der Waals surface area contributed by atoms with Crippen molar-refractivity contribution in [3.05, 3.63) is 34.7 Å². The Morgan fingerprint density at radius 3 is 2.96 bits per heavy atom. The fourth-order valence-electron chi connectivity index (χ4n) is 2.35.